The molecule has 25 heavy (non-hydrogen) atoms. The summed E-state index contributed by atoms with van der Waals surface area (Å²) in [5, 5.41) is 7.74. The molecule has 2 rings (SSSR count). The Morgan fingerprint density at radius 3 is 2.36 bits per heavy atom. The topological polar surface area (TPSA) is 62.4 Å². The van der Waals surface area contributed by atoms with Gasteiger partial charge in [-0.3, -0.25) is 4.79 Å². The Balaban J connectivity index is 1.85. The molecular formula is C16H14F3N3O2S. The molecule has 0 saturated carbocycles. The van der Waals surface area contributed by atoms with Crippen molar-refractivity contribution in [1.29, 1.82) is 0 Å². The fourth-order valence-corrected chi connectivity index (χ4v) is 2.02. The lowest BCUT2D eigenvalue weighted by molar-refractivity contribution is -0.115. The summed E-state index contributed by atoms with van der Waals surface area (Å²) in [5.41, 5.74) is 0.213. The molecule has 0 saturated heterocycles. The van der Waals surface area contributed by atoms with Crippen molar-refractivity contribution in [2.75, 3.05) is 24.3 Å². The molecule has 0 aliphatic rings. The lowest BCUT2D eigenvalue weighted by atomic mass is 10.2. The van der Waals surface area contributed by atoms with Crippen molar-refractivity contribution in [1.82, 2.24) is 5.32 Å². The minimum absolute atomic E-state index is 0.158. The summed E-state index contributed by atoms with van der Waals surface area (Å²) in [6, 6.07) is 8.55. The van der Waals surface area contributed by atoms with E-state index in [2.05, 4.69) is 16.0 Å². The highest BCUT2D eigenvalue weighted by Gasteiger charge is 2.15. The largest absolute Gasteiger partial charge is 0.497 e. The lowest BCUT2D eigenvalue weighted by Crippen LogP contribution is -2.35. The molecule has 2 aromatic carbocycles. The van der Waals surface area contributed by atoms with Gasteiger partial charge in [-0.2, -0.15) is 0 Å². The van der Waals surface area contributed by atoms with E-state index in [-0.39, 0.29) is 11.7 Å². The van der Waals surface area contributed by atoms with Crippen LogP contribution in [0.25, 0.3) is 0 Å². The monoisotopic (exact) mass is 369 g/mol. The number of rotatable bonds is 5. The number of hydrogen-bond acceptors (Lipinski definition) is 3. The smallest absolute Gasteiger partial charge is 0.243 e. The van der Waals surface area contributed by atoms with E-state index < -0.39 is 29.0 Å². The van der Waals surface area contributed by atoms with Gasteiger partial charge in [-0.15, -0.1) is 0 Å². The minimum Gasteiger partial charge on any atom is -0.497 e. The van der Waals surface area contributed by atoms with Gasteiger partial charge in [-0.1, -0.05) is 0 Å². The summed E-state index contributed by atoms with van der Waals surface area (Å²) >= 11 is 5.03. The van der Waals surface area contributed by atoms with E-state index in [9.17, 15) is 18.0 Å². The predicted molar refractivity (Wildman–Crippen MR) is 92.2 cm³/mol. The van der Waals surface area contributed by atoms with Crippen LogP contribution in [0.5, 0.6) is 5.75 Å². The standard InChI is InChI=1S/C16H14F3N3O2S/c1-24-10-4-2-9(3-5-10)21-16(25)20-8-13(23)22-12-7-6-11(17)14(18)15(12)19/h2-7H,8H2,1H3,(H,22,23)(H2,20,21,25). The third-order valence-corrected chi connectivity index (χ3v) is 3.31. The first-order chi connectivity index (χ1) is 11.9. The van der Waals surface area contributed by atoms with Crippen molar-refractivity contribution in [3.8, 4) is 5.75 Å². The van der Waals surface area contributed by atoms with Gasteiger partial charge < -0.3 is 20.7 Å². The number of amides is 1. The SMILES string of the molecule is COc1ccc(NC(=S)NCC(=O)Nc2ccc(F)c(F)c2F)cc1. The zero-order valence-corrected chi connectivity index (χ0v) is 13.8. The van der Waals surface area contributed by atoms with E-state index in [0.29, 0.717) is 11.4 Å². The first-order valence-electron chi connectivity index (χ1n) is 7.03. The summed E-state index contributed by atoms with van der Waals surface area (Å²) in [6.45, 7) is -0.291. The number of nitrogens with one attached hydrogen (secondary N) is 3. The molecule has 0 unspecified atom stereocenters. The van der Waals surface area contributed by atoms with Crippen molar-refractivity contribution in [2.45, 2.75) is 0 Å². The zero-order valence-electron chi connectivity index (χ0n) is 13.0. The maximum Gasteiger partial charge on any atom is 0.243 e. The molecule has 0 aliphatic heterocycles. The summed E-state index contributed by atoms with van der Waals surface area (Å²) in [7, 11) is 1.54. The molecule has 0 aliphatic carbocycles. The normalized spacial score (nSPS) is 10.1. The summed E-state index contributed by atoms with van der Waals surface area (Å²) in [6.07, 6.45) is 0. The molecule has 3 N–H and O–H groups in total. The molecule has 1 amide bonds. The van der Waals surface area contributed by atoms with E-state index >= 15 is 0 Å². The summed E-state index contributed by atoms with van der Waals surface area (Å²) in [5.74, 6) is -4.45. The van der Waals surface area contributed by atoms with Gasteiger partial charge >= 0.3 is 0 Å². The average molecular weight is 369 g/mol. The van der Waals surface area contributed by atoms with E-state index in [0.717, 1.165) is 12.1 Å². The van der Waals surface area contributed by atoms with Gasteiger partial charge in [0.1, 0.15) is 5.75 Å². The maximum absolute atomic E-state index is 13.5. The molecule has 0 radical (unpaired) electrons. The maximum atomic E-state index is 13.5. The van der Waals surface area contributed by atoms with Crippen molar-refractivity contribution >= 4 is 34.6 Å². The Kier molecular flexibility index (Phi) is 6.18. The number of halogens is 3. The first-order valence-corrected chi connectivity index (χ1v) is 7.43. The second-order valence-electron chi connectivity index (χ2n) is 4.81. The second kappa shape index (κ2) is 8.34. The molecule has 132 valence electrons. The Morgan fingerprint density at radius 2 is 1.72 bits per heavy atom. The van der Waals surface area contributed by atoms with Crippen LogP contribution in [0.1, 0.15) is 0 Å². The number of carbonyl (C=O) groups excluding carboxylic acids is 1. The van der Waals surface area contributed by atoms with Crippen LogP contribution in [0.2, 0.25) is 0 Å². The van der Waals surface area contributed by atoms with E-state index in [1.165, 1.54) is 0 Å². The average Bonchev–Trinajstić information content (AvgIpc) is 2.61. The highest BCUT2D eigenvalue weighted by Crippen LogP contribution is 2.19. The fraction of sp³-hybridized carbons (Fsp3) is 0.125. The molecule has 5 nitrogen and oxygen atoms in total. The van der Waals surface area contributed by atoms with Gasteiger partial charge in [0.2, 0.25) is 5.91 Å². The number of carbonyl (C=O) groups is 1. The van der Waals surface area contributed by atoms with Crippen LogP contribution in [-0.2, 0) is 4.79 Å². The van der Waals surface area contributed by atoms with Crippen molar-refractivity contribution in [2.24, 2.45) is 0 Å². The quantitative estimate of drug-likeness (QED) is 0.559. The van der Waals surface area contributed by atoms with E-state index in [4.69, 9.17) is 17.0 Å². The predicted octanol–water partition coefficient (Wildman–Crippen LogP) is 3.04. The molecule has 0 spiro atoms. The molecule has 0 heterocycles. The molecule has 0 bridgehead atoms. The van der Waals surface area contributed by atoms with Crippen LogP contribution < -0.4 is 20.7 Å². The molecule has 9 heteroatoms. The molecule has 0 fully saturated rings. The van der Waals surface area contributed by atoms with Crippen molar-refractivity contribution < 1.29 is 22.7 Å². The Bertz CT molecular complexity index is 785. The van der Waals surface area contributed by atoms with Gasteiger partial charge in [0, 0.05) is 5.69 Å². The van der Waals surface area contributed by atoms with Crippen LogP contribution in [-0.4, -0.2) is 24.7 Å². The van der Waals surface area contributed by atoms with Crippen molar-refractivity contribution in [3.05, 3.63) is 53.8 Å². The fourth-order valence-electron chi connectivity index (χ4n) is 1.83. The van der Waals surface area contributed by atoms with Gasteiger partial charge in [-0.05, 0) is 48.6 Å². The van der Waals surface area contributed by atoms with Crippen molar-refractivity contribution in [3.63, 3.8) is 0 Å². The molecular weight excluding hydrogens is 355 g/mol. The Hall–Kier alpha value is -2.81. The molecule has 2 aromatic rings. The number of hydrogen-bond donors (Lipinski definition) is 3. The highest BCUT2D eigenvalue weighted by molar-refractivity contribution is 7.80. The van der Waals surface area contributed by atoms with Crippen LogP contribution >= 0.6 is 12.2 Å². The zero-order chi connectivity index (χ0) is 18.4. The van der Waals surface area contributed by atoms with Crippen LogP contribution in [0.4, 0.5) is 24.5 Å². The van der Waals surface area contributed by atoms with E-state index in [1.54, 1.807) is 31.4 Å². The summed E-state index contributed by atoms with van der Waals surface area (Å²) < 4.78 is 44.4. The number of ether oxygens (including phenoxy) is 1. The molecule has 0 atom stereocenters. The van der Waals surface area contributed by atoms with Crippen LogP contribution in [0.15, 0.2) is 36.4 Å². The lowest BCUT2D eigenvalue weighted by Gasteiger charge is -2.11. The number of thiocarbonyl (C=S) groups is 1. The van der Waals surface area contributed by atoms with Crippen LogP contribution in [0, 0.1) is 17.5 Å². The number of methoxy groups -OCH3 is 1. The van der Waals surface area contributed by atoms with Gasteiger partial charge in [0.25, 0.3) is 0 Å². The Labute approximate surface area is 147 Å². The Morgan fingerprint density at radius 1 is 1.04 bits per heavy atom. The highest BCUT2D eigenvalue weighted by atomic mass is 32.1. The van der Waals surface area contributed by atoms with Crippen LogP contribution in [0.3, 0.4) is 0 Å². The first kappa shape index (κ1) is 18.5. The number of anilines is 2. The summed E-state index contributed by atoms with van der Waals surface area (Å²) in [4.78, 5) is 11.7. The third kappa shape index (κ3) is 5.08. The molecule has 0 aromatic heterocycles. The van der Waals surface area contributed by atoms with Gasteiger partial charge in [0.05, 0.1) is 19.3 Å². The minimum atomic E-state index is -1.65. The van der Waals surface area contributed by atoms with Gasteiger partial charge in [-0.25, -0.2) is 13.2 Å². The number of benzene rings is 2. The van der Waals surface area contributed by atoms with Gasteiger partial charge in [0.15, 0.2) is 22.6 Å². The van der Waals surface area contributed by atoms with E-state index in [1.807, 2.05) is 0 Å². The second-order valence-corrected chi connectivity index (χ2v) is 5.22. The third-order valence-electron chi connectivity index (χ3n) is 3.07.